The van der Waals surface area contributed by atoms with Gasteiger partial charge < -0.3 is 4.99 Å². The number of allylic oxidation sites excluding steroid dienone is 2. The Morgan fingerprint density at radius 3 is 2.00 bits per heavy atom. The van der Waals surface area contributed by atoms with Gasteiger partial charge in [0.1, 0.15) is 0 Å². The molecule has 0 amide bonds. The van der Waals surface area contributed by atoms with Crippen LogP contribution < -0.4 is 0 Å². The van der Waals surface area contributed by atoms with Crippen LogP contribution in [0.4, 0.5) is 0 Å². The van der Waals surface area contributed by atoms with Crippen molar-refractivity contribution in [3.8, 4) is 0 Å². The topological polar surface area (TPSA) is 12.4 Å². The summed E-state index contributed by atoms with van der Waals surface area (Å²) in [5, 5.41) is 0. The van der Waals surface area contributed by atoms with E-state index < -0.39 is 0 Å². The van der Waals surface area contributed by atoms with Crippen LogP contribution in [0.1, 0.15) is 13.8 Å². The van der Waals surface area contributed by atoms with Crippen LogP contribution in [-0.4, -0.2) is 6.21 Å². The highest BCUT2D eigenvalue weighted by Gasteiger charge is 1.86. The zero-order valence-electron chi connectivity index (χ0n) is 3.95. The van der Waals surface area contributed by atoms with E-state index in [0.29, 0.717) is 0 Å². The van der Waals surface area contributed by atoms with Gasteiger partial charge in [-0.3, -0.25) is 0 Å². The predicted octanol–water partition coefficient (Wildman–Crippen LogP) is 1.24. The summed E-state index contributed by atoms with van der Waals surface area (Å²) in [6, 6.07) is 0. The first kappa shape index (κ1) is 3.59. The Morgan fingerprint density at radius 2 is 2.00 bits per heavy atom. The fourth-order valence-corrected chi connectivity index (χ4v) is 0.280. The first-order valence-electron chi connectivity index (χ1n) is 1.95. The molecule has 0 saturated heterocycles. The SMILES string of the molecule is CC1=C(C)N=[C-]1. The van der Waals surface area contributed by atoms with Gasteiger partial charge in [-0.25, -0.2) is 0 Å². The molecule has 1 rings (SSSR count). The van der Waals surface area contributed by atoms with Crippen molar-refractivity contribution >= 4 is 6.21 Å². The third kappa shape index (κ3) is 0.280. The number of hydrogen-bond donors (Lipinski definition) is 0. The number of hydrogen-bond acceptors (Lipinski definition) is 1. The van der Waals surface area contributed by atoms with Gasteiger partial charge in [0.25, 0.3) is 0 Å². The molecule has 0 aliphatic carbocycles. The molecule has 32 valence electrons. The molecule has 0 spiro atoms. The van der Waals surface area contributed by atoms with Gasteiger partial charge in [0.05, 0.1) is 0 Å². The highest BCUT2D eigenvalue weighted by Crippen LogP contribution is 2.09. The van der Waals surface area contributed by atoms with E-state index in [1.165, 1.54) is 5.57 Å². The Labute approximate surface area is 37.4 Å². The lowest BCUT2D eigenvalue weighted by atomic mass is 10.2. The van der Waals surface area contributed by atoms with Crippen molar-refractivity contribution in [2.45, 2.75) is 13.8 Å². The fourth-order valence-electron chi connectivity index (χ4n) is 0.280. The van der Waals surface area contributed by atoms with Crippen LogP contribution in [0.15, 0.2) is 16.3 Å². The molecule has 6 heavy (non-hydrogen) atoms. The first-order chi connectivity index (χ1) is 2.80. The average molecular weight is 80.1 g/mol. The minimum Gasteiger partial charge on any atom is -0.391 e. The second-order valence-corrected chi connectivity index (χ2v) is 1.43. The maximum atomic E-state index is 3.78. The second-order valence-electron chi connectivity index (χ2n) is 1.43. The molecular weight excluding hydrogens is 74.1 g/mol. The third-order valence-corrected chi connectivity index (χ3v) is 0.934. The summed E-state index contributed by atoms with van der Waals surface area (Å²) in [6.07, 6.45) is 2.76. The summed E-state index contributed by atoms with van der Waals surface area (Å²) in [5.74, 6) is 0. The van der Waals surface area contributed by atoms with Crippen LogP contribution in [0.5, 0.6) is 0 Å². The van der Waals surface area contributed by atoms with E-state index >= 15 is 0 Å². The van der Waals surface area contributed by atoms with E-state index in [-0.39, 0.29) is 0 Å². The van der Waals surface area contributed by atoms with Crippen LogP contribution >= 0.6 is 0 Å². The normalized spacial score (nSPS) is 18.3. The summed E-state index contributed by atoms with van der Waals surface area (Å²) in [4.78, 5) is 3.78. The minimum atomic E-state index is 1.12. The number of aliphatic imine (C=N–C) groups is 1. The third-order valence-electron chi connectivity index (χ3n) is 0.934. The summed E-state index contributed by atoms with van der Waals surface area (Å²) in [6.45, 7) is 3.98. The Kier molecular flexibility index (Phi) is 0.560. The molecule has 1 aliphatic heterocycles. The van der Waals surface area contributed by atoms with E-state index in [0.717, 1.165) is 5.70 Å². The van der Waals surface area contributed by atoms with Crippen LogP contribution in [0.2, 0.25) is 0 Å². The van der Waals surface area contributed by atoms with Crippen molar-refractivity contribution < 1.29 is 0 Å². The molecule has 0 bridgehead atoms. The summed E-state index contributed by atoms with van der Waals surface area (Å²) in [5.41, 5.74) is 2.31. The van der Waals surface area contributed by atoms with E-state index in [9.17, 15) is 0 Å². The van der Waals surface area contributed by atoms with Gasteiger partial charge in [-0.05, 0) is 0 Å². The molecule has 1 aliphatic rings. The lowest BCUT2D eigenvalue weighted by molar-refractivity contribution is 1.21. The van der Waals surface area contributed by atoms with Gasteiger partial charge in [0.2, 0.25) is 0 Å². The van der Waals surface area contributed by atoms with Crippen LogP contribution in [0.3, 0.4) is 0 Å². The average Bonchev–Trinajstić information content (AvgIpc) is 1.61. The smallest absolute Gasteiger partial charge is 0.0599 e. The molecular formula is C5H6N-. The van der Waals surface area contributed by atoms with Gasteiger partial charge in [-0.2, -0.15) is 0 Å². The van der Waals surface area contributed by atoms with Crippen molar-refractivity contribution in [2.24, 2.45) is 4.99 Å². The predicted molar refractivity (Wildman–Crippen MR) is 25.8 cm³/mol. The molecule has 1 nitrogen and oxygen atoms in total. The van der Waals surface area contributed by atoms with Crippen LogP contribution in [-0.2, 0) is 0 Å². The molecule has 1 heterocycles. The van der Waals surface area contributed by atoms with Gasteiger partial charge in [0.15, 0.2) is 0 Å². The molecule has 1 heteroatoms. The van der Waals surface area contributed by atoms with E-state index in [1.54, 1.807) is 0 Å². The Bertz CT molecular complexity index is 106. The second kappa shape index (κ2) is 0.934. The first-order valence-corrected chi connectivity index (χ1v) is 1.95. The Hall–Kier alpha value is -0.590. The molecule has 0 aromatic rings. The Balaban J connectivity index is 2.71. The van der Waals surface area contributed by atoms with Crippen LogP contribution in [0.25, 0.3) is 0 Å². The molecule has 0 unspecified atom stereocenters. The summed E-state index contributed by atoms with van der Waals surface area (Å²) in [7, 11) is 0. The van der Waals surface area contributed by atoms with Gasteiger partial charge in [0, 0.05) is 0 Å². The highest BCUT2D eigenvalue weighted by molar-refractivity contribution is 5.85. The lowest BCUT2D eigenvalue weighted by Gasteiger charge is -2.13. The lowest BCUT2D eigenvalue weighted by Crippen LogP contribution is -1.92. The van der Waals surface area contributed by atoms with Crippen LogP contribution in [0, 0.1) is 0 Å². The molecule has 0 aromatic carbocycles. The molecule has 0 radical (unpaired) electrons. The Morgan fingerprint density at radius 1 is 1.50 bits per heavy atom. The zero-order chi connectivity index (χ0) is 4.57. The van der Waals surface area contributed by atoms with Crippen molar-refractivity contribution in [1.29, 1.82) is 0 Å². The van der Waals surface area contributed by atoms with Gasteiger partial charge in [-0.15, -0.1) is 5.57 Å². The standard InChI is InChI=1S/C5H6N/c1-4-3-6-5(4)2/h1-2H3/q-1. The molecule has 0 saturated carbocycles. The van der Waals surface area contributed by atoms with E-state index in [1.807, 2.05) is 13.8 Å². The highest BCUT2D eigenvalue weighted by atomic mass is 14.8. The summed E-state index contributed by atoms with van der Waals surface area (Å²) < 4.78 is 0. The monoisotopic (exact) mass is 80.1 g/mol. The van der Waals surface area contributed by atoms with E-state index in [2.05, 4.69) is 11.2 Å². The van der Waals surface area contributed by atoms with Gasteiger partial charge >= 0.3 is 0 Å². The molecule has 0 fully saturated rings. The zero-order valence-corrected chi connectivity index (χ0v) is 3.95. The maximum Gasteiger partial charge on any atom is -0.0599 e. The molecule has 0 N–H and O–H groups in total. The molecule has 0 aromatic heterocycles. The fraction of sp³-hybridized carbons (Fsp3) is 0.400. The number of nitrogens with zero attached hydrogens (tertiary/aromatic N) is 1. The van der Waals surface area contributed by atoms with Crippen molar-refractivity contribution in [3.63, 3.8) is 0 Å². The summed E-state index contributed by atoms with van der Waals surface area (Å²) >= 11 is 0. The van der Waals surface area contributed by atoms with Gasteiger partial charge in [-0.1, -0.05) is 25.8 Å². The van der Waals surface area contributed by atoms with E-state index in [4.69, 9.17) is 0 Å². The quantitative estimate of drug-likeness (QED) is 0.388. The maximum absolute atomic E-state index is 3.78. The minimum absolute atomic E-state index is 1.12. The molecule has 0 atom stereocenters. The van der Waals surface area contributed by atoms with Crippen molar-refractivity contribution in [3.05, 3.63) is 11.3 Å². The van der Waals surface area contributed by atoms with Crippen molar-refractivity contribution in [2.75, 3.05) is 0 Å². The number of rotatable bonds is 0. The van der Waals surface area contributed by atoms with Crippen molar-refractivity contribution in [1.82, 2.24) is 0 Å². The largest absolute Gasteiger partial charge is 0.391 e.